The first-order chi connectivity index (χ1) is 9.72. The molecule has 0 bridgehead atoms. The predicted molar refractivity (Wildman–Crippen MR) is 79.4 cm³/mol. The van der Waals surface area contributed by atoms with Crippen LogP contribution in [0.3, 0.4) is 0 Å². The van der Waals surface area contributed by atoms with Crippen LogP contribution in [-0.2, 0) is 0 Å². The van der Waals surface area contributed by atoms with Gasteiger partial charge >= 0.3 is 6.01 Å². The first kappa shape index (κ1) is 15.3. The Labute approximate surface area is 124 Å². The number of anilines is 1. The maximum Gasteiger partial charge on any atom is 0.322 e. The molecule has 112 valence electrons. The molecule has 1 unspecified atom stereocenters. The summed E-state index contributed by atoms with van der Waals surface area (Å²) in [6.45, 7) is 7.87. The molecule has 0 radical (unpaired) electrons. The van der Waals surface area contributed by atoms with Crippen molar-refractivity contribution in [1.82, 2.24) is 19.9 Å². The van der Waals surface area contributed by atoms with E-state index in [9.17, 15) is 0 Å². The summed E-state index contributed by atoms with van der Waals surface area (Å²) in [5.41, 5.74) is 0. The van der Waals surface area contributed by atoms with E-state index in [4.69, 9.17) is 16.3 Å². The summed E-state index contributed by atoms with van der Waals surface area (Å²) in [4.78, 5) is 14.7. The second-order valence-corrected chi connectivity index (χ2v) is 5.20. The molecule has 0 saturated carbocycles. The van der Waals surface area contributed by atoms with Crippen molar-refractivity contribution in [3.63, 3.8) is 0 Å². The molecule has 1 aliphatic heterocycles. The van der Waals surface area contributed by atoms with E-state index in [-0.39, 0.29) is 11.3 Å². The Balaban J connectivity index is 1.93. The van der Waals surface area contributed by atoms with Crippen molar-refractivity contribution in [2.45, 2.75) is 39.2 Å². The van der Waals surface area contributed by atoms with Crippen LogP contribution in [0.25, 0.3) is 0 Å². The molecule has 1 atom stereocenters. The van der Waals surface area contributed by atoms with Crippen molar-refractivity contribution in [3.05, 3.63) is 5.28 Å². The molecule has 1 aromatic heterocycles. The van der Waals surface area contributed by atoms with Crippen molar-refractivity contribution in [3.8, 4) is 6.01 Å². The van der Waals surface area contributed by atoms with Crippen LogP contribution in [0, 0.1) is 0 Å². The molecule has 0 aromatic carbocycles. The highest BCUT2D eigenvalue weighted by atomic mass is 35.5. The zero-order valence-electron chi connectivity index (χ0n) is 12.1. The van der Waals surface area contributed by atoms with Crippen LogP contribution in [0.1, 0.15) is 33.1 Å². The first-order valence-corrected chi connectivity index (χ1v) is 7.63. The summed E-state index contributed by atoms with van der Waals surface area (Å²) in [5, 5.41) is 3.40. The maximum absolute atomic E-state index is 5.89. The van der Waals surface area contributed by atoms with Gasteiger partial charge < -0.3 is 10.1 Å². The molecule has 1 saturated heterocycles. The van der Waals surface area contributed by atoms with Crippen LogP contribution in [0.4, 0.5) is 5.95 Å². The number of nitrogens with zero attached hydrogens (tertiary/aromatic N) is 4. The molecule has 0 aliphatic carbocycles. The molecule has 2 rings (SSSR count). The molecule has 2 heterocycles. The molecule has 1 aromatic rings. The van der Waals surface area contributed by atoms with Crippen LogP contribution in [-0.4, -0.2) is 52.1 Å². The van der Waals surface area contributed by atoms with Crippen LogP contribution < -0.4 is 10.1 Å². The number of aromatic nitrogens is 3. The Bertz CT molecular complexity index is 431. The topological polar surface area (TPSA) is 63.2 Å². The van der Waals surface area contributed by atoms with Crippen molar-refractivity contribution in [2.75, 3.05) is 31.6 Å². The van der Waals surface area contributed by atoms with Gasteiger partial charge in [-0.3, -0.25) is 4.90 Å². The van der Waals surface area contributed by atoms with Gasteiger partial charge in [-0.2, -0.15) is 15.0 Å². The highest BCUT2D eigenvalue weighted by Crippen LogP contribution is 2.17. The Morgan fingerprint density at radius 3 is 2.95 bits per heavy atom. The Kier molecular flexibility index (Phi) is 5.79. The number of nitrogens with one attached hydrogen (secondary N) is 1. The molecule has 7 heteroatoms. The van der Waals surface area contributed by atoms with Gasteiger partial charge in [0.2, 0.25) is 11.2 Å². The van der Waals surface area contributed by atoms with Crippen LogP contribution >= 0.6 is 11.6 Å². The van der Waals surface area contributed by atoms with Gasteiger partial charge in [-0.15, -0.1) is 0 Å². The lowest BCUT2D eigenvalue weighted by atomic mass is 10.2. The van der Waals surface area contributed by atoms with E-state index in [1.54, 1.807) is 0 Å². The first-order valence-electron chi connectivity index (χ1n) is 7.25. The van der Waals surface area contributed by atoms with Gasteiger partial charge in [0, 0.05) is 12.6 Å². The zero-order valence-corrected chi connectivity index (χ0v) is 12.9. The lowest BCUT2D eigenvalue weighted by molar-refractivity contribution is 0.276. The normalized spacial score (nSPS) is 19.2. The number of likely N-dealkylation sites (N-methyl/N-ethyl adjacent to an activating group) is 1. The smallest absolute Gasteiger partial charge is 0.322 e. The molecule has 1 aliphatic rings. The van der Waals surface area contributed by atoms with Crippen molar-refractivity contribution >= 4 is 17.5 Å². The largest absolute Gasteiger partial charge is 0.463 e. The van der Waals surface area contributed by atoms with Gasteiger partial charge in [-0.1, -0.05) is 13.8 Å². The lowest BCUT2D eigenvalue weighted by Crippen LogP contribution is -2.35. The summed E-state index contributed by atoms with van der Waals surface area (Å²) < 4.78 is 5.39. The molecule has 20 heavy (non-hydrogen) atoms. The van der Waals surface area contributed by atoms with Gasteiger partial charge in [0.1, 0.15) is 0 Å². The fraction of sp³-hybridized carbons (Fsp3) is 0.769. The van der Waals surface area contributed by atoms with E-state index in [0.717, 1.165) is 19.5 Å². The number of likely N-dealkylation sites (tertiary alicyclic amines) is 1. The van der Waals surface area contributed by atoms with Crippen molar-refractivity contribution < 1.29 is 4.74 Å². The van der Waals surface area contributed by atoms with Gasteiger partial charge in [0.25, 0.3) is 0 Å². The third-order valence-electron chi connectivity index (χ3n) is 3.42. The lowest BCUT2D eigenvalue weighted by Gasteiger charge is -2.22. The van der Waals surface area contributed by atoms with Crippen LogP contribution in [0.15, 0.2) is 0 Å². The average Bonchev–Trinajstić information content (AvgIpc) is 2.90. The molecular weight excluding hydrogens is 278 g/mol. The molecule has 6 nitrogen and oxygen atoms in total. The summed E-state index contributed by atoms with van der Waals surface area (Å²) in [5.74, 6) is 0.485. The average molecular weight is 300 g/mol. The minimum Gasteiger partial charge on any atom is -0.463 e. The summed E-state index contributed by atoms with van der Waals surface area (Å²) in [6.07, 6.45) is 3.36. The van der Waals surface area contributed by atoms with Gasteiger partial charge in [-0.05, 0) is 44.0 Å². The van der Waals surface area contributed by atoms with E-state index in [1.807, 2.05) is 6.92 Å². The SMILES string of the molecule is CCCOc1nc(Cl)nc(NCC2CCCN2CC)n1. The number of hydrogen-bond donors (Lipinski definition) is 1. The standard InChI is InChI=1S/C13H22ClN5O/c1-3-8-20-13-17-11(14)16-12(18-13)15-9-10-6-5-7-19(10)4-2/h10H,3-9H2,1-2H3,(H,15,16,17,18). The van der Waals surface area contributed by atoms with E-state index in [1.165, 1.54) is 19.4 Å². The zero-order chi connectivity index (χ0) is 14.4. The third kappa shape index (κ3) is 4.18. The fourth-order valence-electron chi connectivity index (χ4n) is 2.42. The van der Waals surface area contributed by atoms with Crippen molar-refractivity contribution in [2.24, 2.45) is 0 Å². The van der Waals surface area contributed by atoms with E-state index >= 15 is 0 Å². The van der Waals surface area contributed by atoms with Crippen LogP contribution in [0.5, 0.6) is 6.01 Å². The second kappa shape index (κ2) is 7.59. The van der Waals surface area contributed by atoms with E-state index in [2.05, 4.69) is 32.1 Å². The van der Waals surface area contributed by atoms with Crippen molar-refractivity contribution in [1.29, 1.82) is 0 Å². The number of halogens is 1. The Morgan fingerprint density at radius 1 is 1.35 bits per heavy atom. The molecule has 1 fully saturated rings. The summed E-state index contributed by atoms with van der Waals surface area (Å²) in [7, 11) is 0. The summed E-state index contributed by atoms with van der Waals surface area (Å²) >= 11 is 5.89. The molecule has 0 amide bonds. The minimum absolute atomic E-state index is 0.160. The Hall–Kier alpha value is -1.14. The monoisotopic (exact) mass is 299 g/mol. The minimum atomic E-state index is 0.160. The third-order valence-corrected chi connectivity index (χ3v) is 3.59. The fourth-order valence-corrected chi connectivity index (χ4v) is 2.57. The van der Waals surface area contributed by atoms with E-state index in [0.29, 0.717) is 18.6 Å². The quantitative estimate of drug-likeness (QED) is 0.833. The van der Waals surface area contributed by atoms with Gasteiger partial charge in [-0.25, -0.2) is 0 Å². The second-order valence-electron chi connectivity index (χ2n) is 4.86. The van der Waals surface area contributed by atoms with Crippen LogP contribution in [0.2, 0.25) is 5.28 Å². The molecule has 0 spiro atoms. The number of ether oxygens (including phenoxy) is 1. The predicted octanol–water partition coefficient (Wildman–Crippen LogP) is 2.21. The molecule has 1 N–H and O–H groups in total. The highest BCUT2D eigenvalue weighted by Gasteiger charge is 2.22. The van der Waals surface area contributed by atoms with Gasteiger partial charge in [0.15, 0.2) is 0 Å². The highest BCUT2D eigenvalue weighted by molar-refractivity contribution is 6.28. The Morgan fingerprint density at radius 2 is 2.20 bits per heavy atom. The van der Waals surface area contributed by atoms with E-state index < -0.39 is 0 Å². The summed E-state index contributed by atoms with van der Waals surface area (Å²) in [6, 6.07) is 0.823. The number of rotatable bonds is 7. The molecular formula is C13H22ClN5O. The number of hydrogen-bond acceptors (Lipinski definition) is 6. The maximum atomic E-state index is 5.89. The van der Waals surface area contributed by atoms with Gasteiger partial charge in [0.05, 0.1) is 6.61 Å².